The molecule has 8 nitrogen and oxygen atoms in total. The molecule has 1 aliphatic rings. The maximum absolute atomic E-state index is 13.5. The molecule has 3 aromatic rings. The molecule has 0 bridgehead atoms. The van der Waals surface area contributed by atoms with Crippen LogP contribution in [0, 0.1) is 0 Å². The molecular formula is C24H22Cl2N4O4S. The van der Waals surface area contributed by atoms with E-state index in [1.54, 1.807) is 36.4 Å². The summed E-state index contributed by atoms with van der Waals surface area (Å²) in [6.45, 7) is 1.97. The van der Waals surface area contributed by atoms with Crippen molar-refractivity contribution in [1.82, 2.24) is 10.6 Å². The van der Waals surface area contributed by atoms with Crippen molar-refractivity contribution in [2.75, 3.05) is 24.1 Å². The first-order valence-electron chi connectivity index (χ1n) is 10.7. The smallest absolute Gasteiger partial charge is 0.295 e. The molecule has 0 atom stereocenters. The van der Waals surface area contributed by atoms with E-state index in [1.807, 2.05) is 0 Å². The summed E-state index contributed by atoms with van der Waals surface area (Å²) in [6, 6.07) is 18.4. The Hall–Kier alpha value is -3.27. The van der Waals surface area contributed by atoms with E-state index in [4.69, 9.17) is 28.0 Å². The van der Waals surface area contributed by atoms with Crippen molar-refractivity contribution in [2.24, 2.45) is 4.99 Å². The normalized spacial score (nSPS) is 13.0. The summed E-state index contributed by atoms with van der Waals surface area (Å²) in [4.78, 5) is 22.4. The molecule has 2 N–H and O–H groups in total. The second kappa shape index (κ2) is 11.0. The van der Waals surface area contributed by atoms with Crippen molar-refractivity contribution >= 4 is 50.7 Å². The average Bonchev–Trinajstić information content (AvgIpc) is 3.37. The molecular weight excluding hydrogens is 511 g/mol. The van der Waals surface area contributed by atoms with E-state index < -0.39 is 10.0 Å². The van der Waals surface area contributed by atoms with Gasteiger partial charge in [-0.2, -0.15) is 8.42 Å². The minimum absolute atomic E-state index is 0.0625. The molecule has 0 aromatic heterocycles. The van der Waals surface area contributed by atoms with Crippen LogP contribution in [-0.2, 0) is 10.0 Å². The molecule has 1 amide bonds. The zero-order valence-corrected chi connectivity index (χ0v) is 20.8. The topological polar surface area (TPSA) is 100 Å². The average molecular weight is 533 g/mol. The van der Waals surface area contributed by atoms with E-state index in [0.717, 1.165) is 23.4 Å². The van der Waals surface area contributed by atoms with Crippen molar-refractivity contribution < 1.29 is 18.0 Å². The van der Waals surface area contributed by atoms with E-state index in [0.29, 0.717) is 23.6 Å². The second-order valence-corrected chi connectivity index (χ2v) is 10.1. The van der Waals surface area contributed by atoms with E-state index in [1.165, 1.54) is 36.4 Å². The largest absolute Gasteiger partial charge is 0.372 e. The summed E-state index contributed by atoms with van der Waals surface area (Å²) in [5.74, 6) is 0.672. The van der Waals surface area contributed by atoms with Crippen molar-refractivity contribution in [3.8, 4) is 5.75 Å². The van der Waals surface area contributed by atoms with Crippen LogP contribution >= 0.6 is 23.2 Å². The highest BCUT2D eigenvalue weighted by molar-refractivity contribution is 7.92. The number of amidine groups is 1. The molecule has 4 rings (SSSR count). The Kier molecular flexibility index (Phi) is 7.80. The third-order valence-electron chi connectivity index (χ3n) is 5.07. The third kappa shape index (κ3) is 6.05. The summed E-state index contributed by atoms with van der Waals surface area (Å²) in [7, 11) is -4.19. The van der Waals surface area contributed by atoms with Gasteiger partial charge in [0.15, 0.2) is 5.75 Å². The number of aliphatic imine (C=N–C) groups is 1. The van der Waals surface area contributed by atoms with Gasteiger partial charge >= 0.3 is 0 Å². The number of anilines is 1. The van der Waals surface area contributed by atoms with E-state index in [-0.39, 0.29) is 27.3 Å². The molecule has 11 heteroatoms. The lowest BCUT2D eigenvalue weighted by atomic mass is 10.2. The minimum atomic E-state index is -4.19. The molecule has 0 spiro atoms. The number of carbonyl (C=O) groups excluding carboxylic acids is 1. The van der Waals surface area contributed by atoms with E-state index in [2.05, 4.69) is 15.6 Å². The number of nitrogens with zero attached hydrogens (tertiary/aromatic N) is 2. The molecule has 35 heavy (non-hydrogen) atoms. The van der Waals surface area contributed by atoms with Crippen molar-refractivity contribution in [2.45, 2.75) is 11.3 Å². The van der Waals surface area contributed by atoms with Gasteiger partial charge in [-0.1, -0.05) is 45.9 Å². The maximum atomic E-state index is 13.5. The third-order valence-corrected chi connectivity index (χ3v) is 7.19. The van der Waals surface area contributed by atoms with Gasteiger partial charge in [0.2, 0.25) is 0 Å². The highest BCUT2D eigenvalue weighted by Gasteiger charge is 2.28. The number of hydrogen-bond donors (Lipinski definition) is 2. The number of carbonyl (C=O) groups is 1. The van der Waals surface area contributed by atoms with Crippen LogP contribution in [0.2, 0.25) is 10.0 Å². The van der Waals surface area contributed by atoms with Crippen LogP contribution in [0.5, 0.6) is 5.75 Å². The second-order valence-electron chi connectivity index (χ2n) is 7.52. The molecule has 0 saturated carbocycles. The number of para-hydroxylation sites is 1. The van der Waals surface area contributed by atoms with Crippen LogP contribution in [0.25, 0.3) is 0 Å². The molecule has 182 valence electrons. The number of amides is 1. The zero-order chi connectivity index (χ0) is 24.8. The Bertz CT molecular complexity index is 1330. The highest BCUT2D eigenvalue weighted by atomic mass is 35.5. The summed E-state index contributed by atoms with van der Waals surface area (Å²) >= 11 is 12.2. The van der Waals surface area contributed by atoms with Crippen LogP contribution in [-0.4, -0.2) is 39.8 Å². The monoisotopic (exact) mass is 532 g/mol. The Morgan fingerprint density at radius 1 is 1.06 bits per heavy atom. The number of halogens is 2. The Labute approximate surface area is 213 Å². The molecule has 1 heterocycles. The Morgan fingerprint density at radius 3 is 2.46 bits per heavy atom. The lowest BCUT2D eigenvalue weighted by molar-refractivity contribution is 0.0954. The van der Waals surface area contributed by atoms with E-state index in [9.17, 15) is 13.2 Å². The summed E-state index contributed by atoms with van der Waals surface area (Å²) in [5, 5.41) is 6.49. The van der Waals surface area contributed by atoms with Gasteiger partial charge in [0.05, 0.1) is 28.0 Å². The molecule has 0 fully saturated rings. The zero-order valence-electron chi connectivity index (χ0n) is 18.4. The Morgan fingerprint density at radius 2 is 1.80 bits per heavy atom. The SMILES string of the molecule is O=C(NCCC1=NCCN1)c1ccc(S(=O)(=O)N(Oc2ccc(Cl)cc2Cl)c2ccccc2)cc1. The highest BCUT2D eigenvalue weighted by Crippen LogP contribution is 2.32. The number of sulfonamides is 1. The quantitative estimate of drug-likeness (QED) is 0.400. The van der Waals surface area contributed by atoms with Crippen LogP contribution in [0.1, 0.15) is 16.8 Å². The molecule has 0 radical (unpaired) electrons. The molecule has 0 aliphatic carbocycles. The molecule has 0 saturated heterocycles. The van der Waals surface area contributed by atoms with Gasteiger partial charge in [-0.05, 0) is 54.6 Å². The fraction of sp³-hybridized carbons (Fsp3) is 0.167. The lowest BCUT2D eigenvalue weighted by Gasteiger charge is -2.24. The molecule has 1 aliphatic heterocycles. The van der Waals surface area contributed by atoms with Gasteiger partial charge in [-0.15, -0.1) is 0 Å². The van der Waals surface area contributed by atoms with Crippen LogP contribution in [0.15, 0.2) is 82.7 Å². The fourth-order valence-corrected chi connectivity index (χ4v) is 5.01. The number of rotatable bonds is 9. The van der Waals surface area contributed by atoms with Gasteiger partial charge in [0.1, 0.15) is 0 Å². The fourth-order valence-electron chi connectivity index (χ4n) is 3.31. The number of nitrogens with one attached hydrogen (secondary N) is 2. The number of benzene rings is 3. The van der Waals surface area contributed by atoms with Crippen molar-refractivity contribution in [3.63, 3.8) is 0 Å². The van der Waals surface area contributed by atoms with E-state index >= 15 is 0 Å². The molecule has 0 unspecified atom stereocenters. The van der Waals surface area contributed by atoms with Gasteiger partial charge in [-0.3, -0.25) is 9.79 Å². The predicted molar refractivity (Wildman–Crippen MR) is 137 cm³/mol. The van der Waals surface area contributed by atoms with Crippen molar-refractivity contribution in [3.05, 3.63) is 88.4 Å². The van der Waals surface area contributed by atoms with Crippen LogP contribution in [0.4, 0.5) is 5.69 Å². The summed E-state index contributed by atoms with van der Waals surface area (Å²) in [6.07, 6.45) is 0.606. The first kappa shape index (κ1) is 24.8. The standard InChI is InChI=1S/C24H22Cl2N4O4S/c25-18-8-11-22(21(26)16-18)34-30(19-4-2-1-3-5-19)35(32,33)20-9-6-17(7-10-20)24(31)29-13-12-23-27-14-15-28-23/h1-11,16H,12-15H2,(H,27,28)(H,29,31). The summed E-state index contributed by atoms with van der Waals surface area (Å²) < 4.78 is 27.8. The number of hydrogen-bond acceptors (Lipinski definition) is 6. The lowest BCUT2D eigenvalue weighted by Crippen LogP contribution is -2.34. The Balaban J connectivity index is 1.54. The first-order valence-corrected chi connectivity index (χ1v) is 12.9. The van der Waals surface area contributed by atoms with Crippen molar-refractivity contribution in [1.29, 1.82) is 0 Å². The van der Waals surface area contributed by atoms with Gasteiger partial charge in [0, 0.05) is 30.1 Å². The van der Waals surface area contributed by atoms with Crippen LogP contribution < -0.4 is 19.9 Å². The van der Waals surface area contributed by atoms with Gasteiger partial charge < -0.3 is 15.5 Å². The first-order chi connectivity index (χ1) is 16.8. The van der Waals surface area contributed by atoms with Gasteiger partial charge in [0.25, 0.3) is 15.9 Å². The minimum Gasteiger partial charge on any atom is -0.372 e. The maximum Gasteiger partial charge on any atom is 0.295 e. The predicted octanol–water partition coefficient (Wildman–Crippen LogP) is 4.30. The van der Waals surface area contributed by atoms with Gasteiger partial charge in [-0.25, -0.2) is 0 Å². The summed E-state index contributed by atoms with van der Waals surface area (Å²) in [5.41, 5.74) is 0.599. The van der Waals surface area contributed by atoms with Crippen LogP contribution in [0.3, 0.4) is 0 Å². The molecule has 3 aromatic carbocycles.